The van der Waals surface area contributed by atoms with Crippen LogP contribution in [-0.4, -0.2) is 16.1 Å². The molecule has 0 fully saturated rings. The van der Waals surface area contributed by atoms with E-state index in [2.05, 4.69) is 5.10 Å². The largest absolute Gasteiger partial charge is 0.298 e. The van der Waals surface area contributed by atoms with Gasteiger partial charge >= 0.3 is 0 Å². The lowest BCUT2D eigenvalue weighted by atomic mass is 10.1. The minimum Gasteiger partial charge on any atom is -0.298 e. The van der Waals surface area contributed by atoms with Gasteiger partial charge in [0.25, 0.3) is 0 Å². The van der Waals surface area contributed by atoms with E-state index in [-0.39, 0.29) is 6.04 Å². The van der Waals surface area contributed by atoms with Crippen LogP contribution in [0.25, 0.3) is 11.3 Å². The van der Waals surface area contributed by atoms with Gasteiger partial charge in [-0.05, 0) is 32.0 Å². The minimum atomic E-state index is 0.176. The van der Waals surface area contributed by atoms with Gasteiger partial charge in [-0.25, -0.2) is 0 Å². The number of aromatic nitrogens is 2. The number of benzene rings is 1. The summed E-state index contributed by atoms with van der Waals surface area (Å²) in [6.07, 6.45) is 2.49. The second-order valence-electron chi connectivity index (χ2n) is 4.25. The molecule has 0 N–H and O–H groups in total. The van der Waals surface area contributed by atoms with Gasteiger partial charge in [0.05, 0.1) is 10.6 Å². The van der Waals surface area contributed by atoms with Gasteiger partial charge in [0.15, 0.2) is 6.29 Å². The monoisotopic (exact) mass is 282 g/mol. The summed E-state index contributed by atoms with van der Waals surface area (Å²) in [6.45, 7) is 3.98. The molecule has 18 heavy (non-hydrogen) atoms. The maximum atomic E-state index is 11.1. The highest BCUT2D eigenvalue weighted by Crippen LogP contribution is 2.31. The Labute approximate surface area is 115 Å². The number of halogens is 2. The van der Waals surface area contributed by atoms with E-state index in [1.54, 1.807) is 29.1 Å². The van der Waals surface area contributed by atoms with Crippen molar-refractivity contribution in [2.75, 3.05) is 0 Å². The van der Waals surface area contributed by atoms with E-state index < -0.39 is 0 Å². The van der Waals surface area contributed by atoms with Gasteiger partial charge in [-0.1, -0.05) is 23.2 Å². The summed E-state index contributed by atoms with van der Waals surface area (Å²) in [6, 6.07) is 5.29. The van der Waals surface area contributed by atoms with Crippen LogP contribution in [0.5, 0.6) is 0 Å². The van der Waals surface area contributed by atoms with Crippen LogP contribution in [-0.2, 0) is 0 Å². The Morgan fingerprint density at radius 1 is 1.33 bits per heavy atom. The highest BCUT2D eigenvalue weighted by molar-refractivity contribution is 6.35. The molecule has 0 aliphatic heterocycles. The zero-order valence-electron chi connectivity index (χ0n) is 10.0. The van der Waals surface area contributed by atoms with Crippen LogP contribution in [0.4, 0.5) is 0 Å². The van der Waals surface area contributed by atoms with Crippen molar-refractivity contribution in [1.82, 2.24) is 9.78 Å². The van der Waals surface area contributed by atoms with E-state index in [0.717, 1.165) is 6.29 Å². The molecule has 1 heterocycles. The summed E-state index contributed by atoms with van der Waals surface area (Å²) in [7, 11) is 0. The molecule has 94 valence electrons. The highest BCUT2D eigenvalue weighted by atomic mass is 35.5. The number of carbonyl (C=O) groups is 1. The summed E-state index contributed by atoms with van der Waals surface area (Å²) >= 11 is 12.1. The van der Waals surface area contributed by atoms with E-state index in [1.807, 2.05) is 13.8 Å². The van der Waals surface area contributed by atoms with E-state index in [0.29, 0.717) is 26.9 Å². The molecule has 1 aromatic carbocycles. The first-order valence-corrected chi connectivity index (χ1v) is 6.28. The van der Waals surface area contributed by atoms with Crippen LogP contribution in [0.3, 0.4) is 0 Å². The lowest BCUT2D eigenvalue weighted by Crippen LogP contribution is -2.00. The number of rotatable bonds is 3. The van der Waals surface area contributed by atoms with Gasteiger partial charge in [-0.3, -0.25) is 9.48 Å². The molecule has 3 nitrogen and oxygen atoms in total. The smallest absolute Gasteiger partial charge is 0.153 e. The van der Waals surface area contributed by atoms with Crippen LogP contribution >= 0.6 is 23.2 Å². The molecule has 0 saturated carbocycles. The Balaban J connectivity index is 2.62. The number of carbonyl (C=O) groups excluding carboxylic acids is 1. The normalized spacial score (nSPS) is 10.9. The van der Waals surface area contributed by atoms with Gasteiger partial charge < -0.3 is 0 Å². The van der Waals surface area contributed by atoms with E-state index >= 15 is 0 Å². The molecule has 0 saturated heterocycles. The molecule has 0 amide bonds. The quantitative estimate of drug-likeness (QED) is 0.789. The van der Waals surface area contributed by atoms with Crippen molar-refractivity contribution >= 4 is 29.5 Å². The number of hydrogen-bond donors (Lipinski definition) is 0. The first kappa shape index (κ1) is 13.1. The molecule has 0 aliphatic carbocycles. The Morgan fingerprint density at radius 3 is 2.67 bits per heavy atom. The Bertz CT molecular complexity index is 591. The lowest BCUT2D eigenvalue weighted by Gasteiger charge is -2.05. The zero-order valence-corrected chi connectivity index (χ0v) is 11.5. The lowest BCUT2D eigenvalue weighted by molar-refractivity contribution is 0.112. The van der Waals surface area contributed by atoms with Crippen LogP contribution in [0.15, 0.2) is 24.4 Å². The average Bonchev–Trinajstić information content (AvgIpc) is 2.76. The Morgan fingerprint density at radius 2 is 2.06 bits per heavy atom. The standard InChI is InChI=1S/C13H12Cl2N2O/c1-8(2)17-6-9(7-18)13(16-17)11-5-10(14)3-4-12(11)15/h3-8H,1-2H3. The van der Waals surface area contributed by atoms with Crippen molar-refractivity contribution in [2.24, 2.45) is 0 Å². The van der Waals surface area contributed by atoms with Crippen molar-refractivity contribution in [3.63, 3.8) is 0 Å². The molecule has 0 spiro atoms. The fourth-order valence-corrected chi connectivity index (χ4v) is 2.02. The number of hydrogen-bond acceptors (Lipinski definition) is 2. The van der Waals surface area contributed by atoms with Crippen molar-refractivity contribution in [3.05, 3.63) is 40.0 Å². The third-order valence-corrected chi connectivity index (χ3v) is 3.16. The maximum Gasteiger partial charge on any atom is 0.153 e. The third-order valence-electron chi connectivity index (χ3n) is 2.60. The van der Waals surface area contributed by atoms with E-state index in [9.17, 15) is 4.79 Å². The number of aldehydes is 1. The molecule has 0 aliphatic rings. The van der Waals surface area contributed by atoms with Gasteiger partial charge in [0, 0.05) is 22.8 Å². The van der Waals surface area contributed by atoms with Crippen LogP contribution < -0.4 is 0 Å². The van der Waals surface area contributed by atoms with Crippen molar-refractivity contribution < 1.29 is 4.79 Å². The second kappa shape index (κ2) is 5.12. The molecule has 0 atom stereocenters. The van der Waals surface area contributed by atoms with Gasteiger partial charge in [-0.2, -0.15) is 5.10 Å². The molecular weight excluding hydrogens is 271 g/mol. The minimum absolute atomic E-state index is 0.176. The predicted octanol–water partition coefficient (Wildman–Crippen LogP) is 4.25. The molecule has 2 aromatic rings. The maximum absolute atomic E-state index is 11.1. The predicted molar refractivity (Wildman–Crippen MR) is 73.5 cm³/mol. The fourth-order valence-electron chi connectivity index (χ4n) is 1.64. The first-order chi connectivity index (χ1) is 8.52. The molecule has 0 unspecified atom stereocenters. The molecule has 0 bridgehead atoms. The molecule has 1 aromatic heterocycles. The zero-order chi connectivity index (χ0) is 13.3. The summed E-state index contributed by atoms with van der Waals surface area (Å²) in [5.74, 6) is 0. The van der Waals surface area contributed by atoms with Crippen molar-refractivity contribution in [2.45, 2.75) is 19.9 Å². The Kier molecular flexibility index (Phi) is 3.73. The van der Waals surface area contributed by atoms with Gasteiger partial charge in [0.1, 0.15) is 5.69 Å². The average molecular weight is 283 g/mol. The van der Waals surface area contributed by atoms with Crippen LogP contribution in [0, 0.1) is 0 Å². The molecule has 0 radical (unpaired) electrons. The second-order valence-corrected chi connectivity index (χ2v) is 5.09. The topological polar surface area (TPSA) is 34.9 Å². The summed E-state index contributed by atoms with van der Waals surface area (Å²) in [5.41, 5.74) is 1.74. The van der Waals surface area contributed by atoms with Gasteiger partial charge in [-0.15, -0.1) is 0 Å². The van der Waals surface area contributed by atoms with Crippen LogP contribution in [0.2, 0.25) is 10.0 Å². The number of nitrogens with zero attached hydrogens (tertiary/aromatic N) is 2. The molecular formula is C13H12Cl2N2O. The SMILES string of the molecule is CC(C)n1cc(C=O)c(-c2cc(Cl)ccc2Cl)n1. The first-order valence-electron chi connectivity index (χ1n) is 5.52. The Hall–Kier alpha value is -1.32. The van der Waals surface area contributed by atoms with Crippen molar-refractivity contribution in [3.8, 4) is 11.3 Å². The summed E-state index contributed by atoms with van der Waals surface area (Å²) in [4.78, 5) is 11.1. The van der Waals surface area contributed by atoms with Crippen LogP contribution in [0.1, 0.15) is 30.2 Å². The highest BCUT2D eigenvalue weighted by Gasteiger charge is 2.15. The van der Waals surface area contributed by atoms with E-state index in [4.69, 9.17) is 23.2 Å². The molecule has 5 heteroatoms. The third kappa shape index (κ3) is 2.42. The van der Waals surface area contributed by atoms with Gasteiger partial charge in [0.2, 0.25) is 0 Å². The summed E-state index contributed by atoms with van der Waals surface area (Å²) < 4.78 is 1.73. The summed E-state index contributed by atoms with van der Waals surface area (Å²) in [5, 5.41) is 5.48. The molecule has 2 rings (SSSR count). The van der Waals surface area contributed by atoms with E-state index in [1.165, 1.54) is 0 Å². The van der Waals surface area contributed by atoms with Crippen molar-refractivity contribution in [1.29, 1.82) is 0 Å². The fraction of sp³-hybridized carbons (Fsp3) is 0.231.